The fraction of sp³-hybridized carbons (Fsp3) is 0.900. The highest BCUT2D eigenvalue weighted by Crippen LogP contribution is 2.38. The van der Waals surface area contributed by atoms with Crippen LogP contribution < -0.4 is 0 Å². The molecule has 0 N–H and O–H groups in total. The summed E-state index contributed by atoms with van der Waals surface area (Å²) in [5, 5.41) is 8.50. The lowest BCUT2D eigenvalue weighted by molar-refractivity contribution is 0.193. The highest BCUT2D eigenvalue weighted by Gasteiger charge is 2.26. The van der Waals surface area contributed by atoms with Crippen molar-refractivity contribution in [2.45, 2.75) is 46.0 Å². The molecule has 1 fully saturated rings. The molecule has 0 heterocycles. The Balaban J connectivity index is 2.32. The lowest BCUT2D eigenvalue weighted by atomic mass is 9.72. The van der Waals surface area contributed by atoms with Gasteiger partial charge < -0.3 is 0 Å². The molecule has 1 rings (SSSR count). The van der Waals surface area contributed by atoms with E-state index >= 15 is 0 Å². The summed E-state index contributed by atoms with van der Waals surface area (Å²) in [6.45, 7) is 4.66. The van der Waals surface area contributed by atoms with Gasteiger partial charge >= 0.3 is 0 Å². The van der Waals surface area contributed by atoms with Crippen molar-refractivity contribution >= 4 is 0 Å². The van der Waals surface area contributed by atoms with E-state index in [1.807, 2.05) is 0 Å². The van der Waals surface area contributed by atoms with E-state index in [1.165, 1.54) is 25.7 Å². The van der Waals surface area contributed by atoms with Crippen molar-refractivity contribution in [3.8, 4) is 6.07 Å². The van der Waals surface area contributed by atoms with E-state index in [-0.39, 0.29) is 0 Å². The second-order valence-electron chi connectivity index (χ2n) is 4.47. The molecule has 0 atom stereocenters. The summed E-state index contributed by atoms with van der Waals surface area (Å²) in [6, 6.07) is 2.26. The van der Waals surface area contributed by atoms with E-state index in [0.29, 0.717) is 11.3 Å². The van der Waals surface area contributed by atoms with Crippen LogP contribution in [0.5, 0.6) is 0 Å². The van der Waals surface area contributed by atoms with E-state index in [9.17, 15) is 0 Å². The first-order chi connectivity index (χ1) is 5.14. The van der Waals surface area contributed by atoms with Gasteiger partial charge in [0.15, 0.2) is 0 Å². The van der Waals surface area contributed by atoms with Crippen molar-refractivity contribution < 1.29 is 0 Å². The van der Waals surface area contributed by atoms with Crippen LogP contribution in [0.25, 0.3) is 0 Å². The SMILES string of the molecule is CC1(C)CCC(CC#N)CC1. The van der Waals surface area contributed by atoms with Crippen molar-refractivity contribution in [3.63, 3.8) is 0 Å². The zero-order valence-corrected chi connectivity index (χ0v) is 7.56. The van der Waals surface area contributed by atoms with Crippen LogP contribution in [0.2, 0.25) is 0 Å². The summed E-state index contributed by atoms with van der Waals surface area (Å²) in [7, 11) is 0. The molecule has 1 aliphatic rings. The summed E-state index contributed by atoms with van der Waals surface area (Å²) in [6.07, 6.45) is 5.91. The maximum absolute atomic E-state index is 8.50. The molecular formula is C10H17N. The Kier molecular flexibility index (Phi) is 2.54. The smallest absolute Gasteiger partial charge is 0.0624 e. The second kappa shape index (κ2) is 3.26. The van der Waals surface area contributed by atoms with E-state index in [4.69, 9.17) is 5.26 Å². The summed E-state index contributed by atoms with van der Waals surface area (Å²) >= 11 is 0. The topological polar surface area (TPSA) is 23.8 Å². The van der Waals surface area contributed by atoms with Gasteiger partial charge in [-0.15, -0.1) is 0 Å². The molecule has 11 heavy (non-hydrogen) atoms. The summed E-state index contributed by atoms with van der Waals surface area (Å²) in [5.41, 5.74) is 0.548. The van der Waals surface area contributed by atoms with Crippen molar-refractivity contribution in [1.29, 1.82) is 5.26 Å². The van der Waals surface area contributed by atoms with Gasteiger partial charge in [-0.3, -0.25) is 0 Å². The summed E-state index contributed by atoms with van der Waals surface area (Å²) < 4.78 is 0. The van der Waals surface area contributed by atoms with Gasteiger partial charge in [0, 0.05) is 6.42 Å². The number of rotatable bonds is 1. The fourth-order valence-electron chi connectivity index (χ4n) is 1.79. The first-order valence-electron chi connectivity index (χ1n) is 4.51. The number of hydrogen-bond donors (Lipinski definition) is 0. The van der Waals surface area contributed by atoms with Crippen LogP contribution in [0.15, 0.2) is 0 Å². The standard InChI is InChI=1S/C10H17N/c1-10(2)6-3-9(4-7-10)5-8-11/h9H,3-7H2,1-2H3. The normalized spacial score (nSPS) is 24.5. The van der Waals surface area contributed by atoms with Gasteiger partial charge in [-0.25, -0.2) is 0 Å². The third-order valence-corrected chi connectivity index (χ3v) is 2.84. The Labute approximate surface area is 69.4 Å². The molecule has 62 valence electrons. The maximum Gasteiger partial charge on any atom is 0.0624 e. The van der Waals surface area contributed by atoms with Crippen LogP contribution in [0, 0.1) is 22.7 Å². The van der Waals surface area contributed by atoms with Crippen molar-refractivity contribution in [2.24, 2.45) is 11.3 Å². The van der Waals surface area contributed by atoms with E-state index < -0.39 is 0 Å². The van der Waals surface area contributed by atoms with Gasteiger partial charge in [0.2, 0.25) is 0 Å². The molecule has 0 spiro atoms. The minimum absolute atomic E-state index is 0.548. The molecule has 1 aliphatic carbocycles. The van der Waals surface area contributed by atoms with Crippen molar-refractivity contribution in [1.82, 2.24) is 0 Å². The Morgan fingerprint density at radius 1 is 1.36 bits per heavy atom. The average Bonchev–Trinajstić information content (AvgIpc) is 1.94. The largest absolute Gasteiger partial charge is 0.198 e. The minimum atomic E-state index is 0.548. The molecule has 1 heteroatoms. The molecule has 0 amide bonds. The molecule has 0 aliphatic heterocycles. The molecule has 0 aromatic carbocycles. The molecule has 1 saturated carbocycles. The molecule has 0 radical (unpaired) electrons. The van der Waals surface area contributed by atoms with Crippen molar-refractivity contribution in [3.05, 3.63) is 0 Å². The Morgan fingerprint density at radius 3 is 2.36 bits per heavy atom. The van der Waals surface area contributed by atoms with Crippen LogP contribution in [-0.4, -0.2) is 0 Å². The molecular weight excluding hydrogens is 134 g/mol. The van der Waals surface area contributed by atoms with E-state index in [1.54, 1.807) is 0 Å². The lowest BCUT2D eigenvalue weighted by Crippen LogP contribution is -2.20. The number of nitrogens with zero attached hydrogens (tertiary/aromatic N) is 1. The quantitative estimate of drug-likeness (QED) is 0.565. The zero-order valence-electron chi connectivity index (χ0n) is 7.56. The monoisotopic (exact) mass is 151 g/mol. The van der Waals surface area contributed by atoms with Gasteiger partial charge in [-0.2, -0.15) is 5.26 Å². The highest BCUT2D eigenvalue weighted by atomic mass is 14.3. The van der Waals surface area contributed by atoms with Gasteiger partial charge in [-0.1, -0.05) is 13.8 Å². The molecule has 0 aromatic rings. The Morgan fingerprint density at radius 2 is 1.91 bits per heavy atom. The number of hydrogen-bond acceptors (Lipinski definition) is 1. The van der Waals surface area contributed by atoms with Crippen LogP contribution in [0.1, 0.15) is 46.0 Å². The Hall–Kier alpha value is -0.510. The second-order valence-corrected chi connectivity index (χ2v) is 4.47. The van der Waals surface area contributed by atoms with E-state index in [0.717, 1.165) is 6.42 Å². The highest BCUT2D eigenvalue weighted by molar-refractivity contribution is 4.83. The predicted octanol–water partition coefficient (Wildman–Crippen LogP) is 3.12. The summed E-state index contributed by atoms with van der Waals surface area (Å²) in [4.78, 5) is 0. The molecule has 0 aromatic heterocycles. The third-order valence-electron chi connectivity index (χ3n) is 2.84. The Bertz CT molecular complexity index is 154. The lowest BCUT2D eigenvalue weighted by Gasteiger charge is -2.33. The third kappa shape index (κ3) is 2.54. The van der Waals surface area contributed by atoms with Crippen LogP contribution in [0.3, 0.4) is 0 Å². The van der Waals surface area contributed by atoms with Gasteiger partial charge in [0.05, 0.1) is 6.07 Å². The van der Waals surface area contributed by atoms with Crippen LogP contribution in [0.4, 0.5) is 0 Å². The average molecular weight is 151 g/mol. The first kappa shape index (κ1) is 8.59. The fourth-order valence-corrected chi connectivity index (χ4v) is 1.79. The van der Waals surface area contributed by atoms with Crippen molar-refractivity contribution in [2.75, 3.05) is 0 Å². The minimum Gasteiger partial charge on any atom is -0.198 e. The zero-order chi connectivity index (χ0) is 8.32. The summed E-state index contributed by atoms with van der Waals surface area (Å²) in [5.74, 6) is 0.702. The maximum atomic E-state index is 8.50. The van der Waals surface area contributed by atoms with E-state index in [2.05, 4.69) is 19.9 Å². The molecule has 0 bridgehead atoms. The van der Waals surface area contributed by atoms with Crippen LogP contribution in [-0.2, 0) is 0 Å². The van der Waals surface area contributed by atoms with Crippen LogP contribution >= 0.6 is 0 Å². The van der Waals surface area contributed by atoms with Gasteiger partial charge in [-0.05, 0) is 37.0 Å². The molecule has 0 saturated heterocycles. The molecule has 1 nitrogen and oxygen atoms in total. The predicted molar refractivity (Wildman–Crippen MR) is 46.0 cm³/mol. The van der Waals surface area contributed by atoms with Gasteiger partial charge in [0.1, 0.15) is 0 Å². The van der Waals surface area contributed by atoms with Gasteiger partial charge in [0.25, 0.3) is 0 Å². The number of nitriles is 1. The molecule has 0 unspecified atom stereocenters. The first-order valence-corrected chi connectivity index (χ1v) is 4.51.